The zero-order chi connectivity index (χ0) is 33.9. The van der Waals surface area contributed by atoms with Gasteiger partial charge in [-0.05, 0) is 67.5 Å². The highest BCUT2D eigenvalue weighted by Gasteiger charge is 2.50. The fraction of sp³-hybridized carbons (Fsp3) is 0.586. The van der Waals surface area contributed by atoms with Crippen LogP contribution in [0.4, 0.5) is 14.0 Å². The Hall–Kier alpha value is -3.76. The average molecular weight is 659 g/mol. The minimum atomic E-state index is -4.20. The van der Waals surface area contributed by atoms with Crippen molar-refractivity contribution in [3.63, 3.8) is 0 Å². The van der Waals surface area contributed by atoms with E-state index in [1.54, 1.807) is 60.6 Å². The fourth-order valence-corrected chi connectivity index (χ4v) is 5.06. The molecule has 1 aliphatic rings. The predicted octanol–water partition coefficient (Wildman–Crippen LogP) is 3.54. The molecule has 1 aromatic heterocycles. The molecule has 3 rings (SSSR count). The van der Waals surface area contributed by atoms with Crippen LogP contribution >= 0.6 is 0 Å². The monoisotopic (exact) mass is 658 g/mol. The summed E-state index contributed by atoms with van der Waals surface area (Å²) in [5.74, 6) is 0. The normalized spacial score (nSPS) is 20.5. The Kier molecular flexibility index (Phi) is 10.9. The van der Waals surface area contributed by atoms with Gasteiger partial charge in [-0.15, -0.1) is 0 Å². The Morgan fingerprint density at radius 2 is 1.53 bits per heavy atom. The van der Waals surface area contributed by atoms with Crippen LogP contribution in [-0.4, -0.2) is 72.7 Å². The molecule has 0 amide bonds. The van der Waals surface area contributed by atoms with E-state index in [1.807, 2.05) is 0 Å². The molecule has 2 unspecified atom stereocenters. The van der Waals surface area contributed by atoms with Crippen molar-refractivity contribution >= 4 is 22.4 Å². The van der Waals surface area contributed by atoms with Crippen molar-refractivity contribution in [2.24, 2.45) is 0 Å². The van der Waals surface area contributed by atoms with Gasteiger partial charge in [0.2, 0.25) is 0 Å². The summed E-state index contributed by atoms with van der Waals surface area (Å²) < 4.78 is 73.8. The Morgan fingerprint density at radius 3 is 2.11 bits per heavy atom. The van der Waals surface area contributed by atoms with E-state index in [-0.39, 0.29) is 10.5 Å². The van der Waals surface area contributed by atoms with E-state index in [2.05, 4.69) is 0 Å². The van der Waals surface area contributed by atoms with Gasteiger partial charge in [0.1, 0.15) is 23.9 Å². The molecule has 14 nitrogen and oxygen atoms in total. The molecule has 0 bridgehead atoms. The SMILES string of the molecule is Cc1ccc(S(=O)(=O)OCCn2c(=O)c(C)cn([C@@H]3O[C@H](COC(=O)OC(C)(C)C)C(OC(=O)OC(C)(C)C)C3F)c2=O)cc1. The van der Waals surface area contributed by atoms with E-state index in [0.717, 1.165) is 16.3 Å². The van der Waals surface area contributed by atoms with Crippen molar-refractivity contribution in [3.8, 4) is 0 Å². The largest absolute Gasteiger partial charge is 0.509 e. The minimum Gasteiger partial charge on any atom is -0.431 e. The second-order valence-corrected chi connectivity index (χ2v) is 14.0. The number of ether oxygens (including phenoxy) is 5. The minimum absolute atomic E-state index is 0.00939. The van der Waals surface area contributed by atoms with Crippen molar-refractivity contribution in [2.75, 3.05) is 13.2 Å². The Balaban J connectivity index is 1.87. The number of carbonyl (C=O) groups excluding carboxylic acids is 2. The van der Waals surface area contributed by atoms with Crippen LogP contribution in [-0.2, 0) is 44.5 Å². The lowest BCUT2D eigenvalue weighted by Gasteiger charge is -2.24. The molecule has 0 N–H and O–H groups in total. The molecule has 0 saturated carbocycles. The lowest BCUT2D eigenvalue weighted by molar-refractivity contribution is -0.0824. The van der Waals surface area contributed by atoms with Gasteiger partial charge in [-0.2, -0.15) is 8.42 Å². The third-order valence-electron chi connectivity index (χ3n) is 6.15. The number of benzene rings is 1. The van der Waals surface area contributed by atoms with E-state index in [4.69, 9.17) is 27.9 Å². The van der Waals surface area contributed by atoms with Crippen molar-refractivity contribution in [2.45, 2.75) is 103 Å². The number of halogens is 1. The second kappa shape index (κ2) is 13.7. The van der Waals surface area contributed by atoms with Crippen LogP contribution in [0.5, 0.6) is 0 Å². The first-order chi connectivity index (χ1) is 20.7. The van der Waals surface area contributed by atoms with Gasteiger partial charge in [-0.25, -0.2) is 18.8 Å². The number of carbonyl (C=O) groups is 2. The third kappa shape index (κ3) is 9.61. The maximum atomic E-state index is 16.0. The van der Waals surface area contributed by atoms with Gasteiger partial charge in [0.25, 0.3) is 15.7 Å². The third-order valence-corrected chi connectivity index (χ3v) is 7.47. The van der Waals surface area contributed by atoms with Gasteiger partial charge in [-0.3, -0.25) is 18.1 Å². The average Bonchev–Trinajstić information content (AvgIpc) is 3.19. The zero-order valence-corrected chi connectivity index (χ0v) is 27.2. The van der Waals surface area contributed by atoms with E-state index in [0.29, 0.717) is 4.57 Å². The van der Waals surface area contributed by atoms with Crippen LogP contribution in [0.15, 0.2) is 44.9 Å². The van der Waals surface area contributed by atoms with E-state index >= 15 is 4.39 Å². The molecule has 1 aliphatic heterocycles. The molecule has 1 aromatic carbocycles. The quantitative estimate of drug-likeness (QED) is 0.284. The van der Waals surface area contributed by atoms with Crippen LogP contribution in [0.3, 0.4) is 0 Å². The first-order valence-electron chi connectivity index (χ1n) is 14.0. The predicted molar refractivity (Wildman–Crippen MR) is 156 cm³/mol. The van der Waals surface area contributed by atoms with Crippen molar-refractivity contribution < 1.29 is 50.3 Å². The van der Waals surface area contributed by atoms with E-state index in [9.17, 15) is 27.6 Å². The van der Waals surface area contributed by atoms with Gasteiger partial charge in [0, 0.05) is 11.8 Å². The van der Waals surface area contributed by atoms with Crippen LogP contribution in [0, 0.1) is 13.8 Å². The number of hydrogen-bond donors (Lipinski definition) is 0. The highest BCUT2D eigenvalue weighted by Crippen LogP contribution is 2.34. The highest BCUT2D eigenvalue weighted by molar-refractivity contribution is 7.86. The molecule has 4 atom stereocenters. The lowest BCUT2D eigenvalue weighted by atomic mass is 10.1. The number of aromatic nitrogens is 2. The highest BCUT2D eigenvalue weighted by atomic mass is 32.2. The van der Waals surface area contributed by atoms with E-state index in [1.165, 1.54) is 19.1 Å². The van der Waals surface area contributed by atoms with Gasteiger partial charge in [-0.1, -0.05) is 17.7 Å². The van der Waals surface area contributed by atoms with Gasteiger partial charge < -0.3 is 23.7 Å². The molecule has 250 valence electrons. The maximum Gasteiger partial charge on any atom is 0.509 e. The topological polar surface area (TPSA) is 168 Å². The summed E-state index contributed by atoms with van der Waals surface area (Å²) in [6.45, 7) is 10.9. The summed E-state index contributed by atoms with van der Waals surface area (Å²) in [6, 6.07) is 5.88. The summed E-state index contributed by atoms with van der Waals surface area (Å²) in [6.07, 6.45) is -8.34. The first kappa shape index (κ1) is 35.7. The summed E-state index contributed by atoms with van der Waals surface area (Å²) >= 11 is 0. The molecule has 2 aromatic rings. The van der Waals surface area contributed by atoms with Crippen LogP contribution in [0.2, 0.25) is 0 Å². The summed E-state index contributed by atoms with van der Waals surface area (Å²) in [4.78, 5) is 50.7. The fourth-order valence-electron chi connectivity index (χ4n) is 4.16. The summed E-state index contributed by atoms with van der Waals surface area (Å²) in [7, 11) is -4.20. The van der Waals surface area contributed by atoms with Crippen LogP contribution in [0.1, 0.15) is 58.9 Å². The summed E-state index contributed by atoms with van der Waals surface area (Å²) in [5.41, 5.74) is -2.88. The Bertz CT molecular complexity index is 1600. The Labute approximate surface area is 260 Å². The number of nitrogens with zero attached hydrogens (tertiary/aromatic N) is 2. The second-order valence-electron chi connectivity index (χ2n) is 12.4. The zero-order valence-electron chi connectivity index (χ0n) is 26.4. The molecule has 0 aliphatic carbocycles. The van der Waals surface area contributed by atoms with Gasteiger partial charge in [0.15, 0.2) is 18.5 Å². The first-order valence-corrected chi connectivity index (χ1v) is 15.4. The van der Waals surface area contributed by atoms with Crippen molar-refractivity contribution in [3.05, 3.63) is 62.4 Å². The van der Waals surface area contributed by atoms with Crippen molar-refractivity contribution in [1.29, 1.82) is 0 Å². The number of hydrogen-bond acceptors (Lipinski definition) is 12. The molecule has 2 heterocycles. The standard InChI is InChI=1S/C29H39FN2O12S/c1-17-9-11-19(12-10-17)45(37,38)40-14-13-31-23(33)18(2)15-32(25(31)34)24-21(30)22(42-27(36)44-29(6,7)8)20(41-24)16-39-26(35)43-28(3,4)5/h9-12,15,20-22,24H,13-14,16H2,1-8H3/t20-,21?,22?,24-/m1/s1. The molecule has 0 spiro atoms. The van der Waals surface area contributed by atoms with Crippen LogP contribution < -0.4 is 11.2 Å². The number of rotatable bonds is 9. The van der Waals surface area contributed by atoms with E-state index < -0.39 is 89.2 Å². The Morgan fingerprint density at radius 1 is 0.956 bits per heavy atom. The van der Waals surface area contributed by atoms with Gasteiger partial charge >= 0.3 is 18.0 Å². The van der Waals surface area contributed by atoms with Crippen LogP contribution in [0.25, 0.3) is 0 Å². The summed E-state index contributed by atoms with van der Waals surface area (Å²) in [5, 5.41) is 0. The molecular weight excluding hydrogens is 619 g/mol. The molecular formula is C29H39FN2O12S. The molecule has 0 radical (unpaired) electrons. The molecule has 45 heavy (non-hydrogen) atoms. The lowest BCUT2D eigenvalue weighted by Crippen LogP contribution is -2.44. The number of alkyl halides is 1. The molecule has 16 heteroatoms. The van der Waals surface area contributed by atoms with Crippen molar-refractivity contribution in [1.82, 2.24) is 9.13 Å². The number of aryl methyl sites for hydroxylation is 2. The smallest absolute Gasteiger partial charge is 0.431 e. The molecule has 1 saturated heterocycles. The maximum absolute atomic E-state index is 16.0. The van der Waals surface area contributed by atoms with Gasteiger partial charge in [0.05, 0.1) is 18.0 Å². The molecule has 1 fully saturated rings.